The Bertz CT molecular complexity index is 303. The van der Waals surface area contributed by atoms with Gasteiger partial charge in [0.15, 0.2) is 5.41 Å². The second-order valence-corrected chi connectivity index (χ2v) is 3.01. The van der Waals surface area contributed by atoms with Gasteiger partial charge in [0.05, 0.1) is 12.1 Å². The van der Waals surface area contributed by atoms with Crippen LogP contribution in [-0.2, 0) is 9.59 Å². The maximum absolute atomic E-state index is 10.9. The third kappa shape index (κ3) is 2.96. The first-order valence-electron chi connectivity index (χ1n) is 4.22. The number of hydrogen-bond acceptors (Lipinski definition) is 4. The van der Waals surface area contributed by atoms with Crippen molar-refractivity contribution in [2.24, 2.45) is 5.41 Å². The summed E-state index contributed by atoms with van der Waals surface area (Å²) in [5.41, 5.74) is -2.01. The van der Waals surface area contributed by atoms with Crippen LogP contribution in [0.25, 0.3) is 0 Å². The maximum Gasteiger partial charge on any atom is 0.321 e. The zero-order valence-electron chi connectivity index (χ0n) is 7.93. The molecule has 6 heteroatoms. The summed E-state index contributed by atoms with van der Waals surface area (Å²) in [7, 11) is 0. The van der Waals surface area contributed by atoms with Crippen LogP contribution in [0, 0.1) is 28.1 Å². The SMILES string of the molecule is N#CCCC(CCC#N)(C(=O)O)C(=O)O. The lowest BCUT2D eigenvalue weighted by Gasteiger charge is -2.22. The molecule has 0 amide bonds. The van der Waals surface area contributed by atoms with Crippen molar-refractivity contribution in [1.82, 2.24) is 0 Å². The Labute approximate surface area is 86.4 Å². The molecule has 0 aliphatic rings. The Hall–Kier alpha value is -2.08. The van der Waals surface area contributed by atoms with E-state index in [-0.39, 0.29) is 25.7 Å². The lowest BCUT2D eigenvalue weighted by atomic mass is 9.79. The average molecular weight is 210 g/mol. The van der Waals surface area contributed by atoms with E-state index in [0.717, 1.165) is 0 Å². The molecule has 15 heavy (non-hydrogen) atoms. The van der Waals surface area contributed by atoms with Gasteiger partial charge in [-0.05, 0) is 12.8 Å². The second-order valence-electron chi connectivity index (χ2n) is 3.01. The predicted octanol–water partition coefficient (Wildman–Crippen LogP) is 0.750. The van der Waals surface area contributed by atoms with Crippen molar-refractivity contribution in [1.29, 1.82) is 10.5 Å². The molecule has 0 spiro atoms. The summed E-state index contributed by atoms with van der Waals surface area (Å²) < 4.78 is 0. The molecular formula is C9H10N2O4. The Kier molecular flexibility index (Phi) is 4.83. The smallest absolute Gasteiger partial charge is 0.321 e. The van der Waals surface area contributed by atoms with Crippen LogP contribution in [0.15, 0.2) is 0 Å². The van der Waals surface area contributed by atoms with E-state index < -0.39 is 17.4 Å². The van der Waals surface area contributed by atoms with Gasteiger partial charge < -0.3 is 10.2 Å². The van der Waals surface area contributed by atoms with Crippen molar-refractivity contribution in [3.8, 4) is 12.1 Å². The number of carboxylic acid groups (broad SMARTS) is 2. The number of aliphatic carboxylic acids is 2. The van der Waals surface area contributed by atoms with Gasteiger partial charge in [0.25, 0.3) is 0 Å². The number of carbonyl (C=O) groups is 2. The van der Waals surface area contributed by atoms with Crippen LogP contribution < -0.4 is 0 Å². The Balaban J connectivity index is 4.93. The van der Waals surface area contributed by atoms with Crippen LogP contribution in [0.4, 0.5) is 0 Å². The summed E-state index contributed by atoms with van der Waals surface area (Å²) >= 11 is 0. The van der Waals surface area contributed by atoms with E-state index in [1.807, 2.05) is 0 Å². The van der Waals surface area contributed by atoms with Crippen LogP contribution in [0.1, 0.15) is 25.7 Å². The van der Waals surface area contributed by atoms with Crippen LogP contribution in [0.2, 0.25) is 0 Å². The molecule has 0 saturated heterocycles. The van der Waals surface area contributed by atoms with E-state index in [1.54, 1.807) is 12.1 Å². The van der Waals surface area contributed by atoms with Gasteiger partial charge in [0.2, 0.25) is 0 Å². The Morgan fingerprint density at radius 3 is 1.53 bits per heavy atom. The largest absolute Gasteiger partial charge is 0.480 e. The molecule has 0 saturated carbocycles. The van der Waals surface area contributed by atoms with E-state index in [1.165, 1.54) is 0 Å². The van der Waals surface area contributed by atoms with Gasteiger partial charge >= 0.3 is 11.9 Å². The van der Waals surface area contributed by atoms with Crippen LogP contribution >= 0.6 is 0 Å². The Morgan fingerprint density at radius 1 is 1.00 bits per heavy atom. The summed E-state index contributed by atoms with van der Waals surface area (Å²) in [6.45, 7) is 0. The Morgan fingerprint density at radius 2 is 1.33 bits per heavy atom. The normalized spacial score (nSPS) is 10.0. The molecule has 0 rings (SSSR count). The molecule has 0 fully saturated rings. The van der Waals surface area contributed by atoms with Gasteiger partial charge in [0.1, 0.15) is 0 Å². The molecule has 0 unspecified atom stereocenters. The number of hydrogen-bond donors (Lipinski definition) is 2. The first-order chi connectivity index (χ1) is 7.01. The minimum absolute atomic E-state index is 0.163. The summed E-state index contributed by atoms with van der Waals surface area (Å²) in [5, 5.41) is 34.3. The lowest BCUT2D eigenvalue weighted by Crippen LogP contribution is -2.39. The van der Waals surface area contributed by atoms with Crippen molar-refractivity contribution in [2.75, 3.05) is 0 Å². The van der Waals surface area contributed by atoms with Crippen molar-refractivity contribution >= 4 is 11.9 Å². The fourth-order valence-electron chi connectivity index (χ4n) is 1.18. The molecule has 2 N–H and O–H groups in total. The van der Waals surface area contributed by atoms with E-state index >= 15 is 0 Å². The minimum atomic E-state index is -2.01. The topological polar surface area (TPSA) is 122 Å². The first kappa shape index (κ1) is 12.9. The van der Waals surface area contributed by atoms with Gasteiger partial charge in [-0.3, -0.25) is 9.59 Å². The standard InChI is InChI=1S/C9H10N2O4/c10-5-1-3-9(7(12)13,8(14)15)4-2-6-11/h1-4H2,(H,12,13)(H,14,15). The summed E-state index contributed by atoms with van der Waals surface area (Å²) in [6, 6.07) is 3.40. The van der Waals surface area contributed by atoms with E-state index in [0.29, 0.717) is 0 Å². The van der Waals surface area contributed by atoms with Crippen molar-refractivity contribution in [2.45, 2.75) is 25.7 Å². The van der Waals surface area contributed by atoms with Gasteiger partial charge in [-0.15, -0.1) is 0 Å². The summed E-state index contributed by atoms with van der Waals surface area (Å²) in [4.78, 5) is 21.7. The van der Waals surface area contributed by atoms with Gasteiger partial charge in [0, 0.05) is 12.8 Å². The highest BCUT2D eigenvalue weighted by molar-refractivity contribution is 5.98. The lowest BCUT2D eigenvalue weighted by molar-refractivity contribution is -0.165. The van der Waals surface area contributed by atoms with Crippen LogP contribution in [0.5, 0.6) is 0 Å². The zero-order valence-corrected chi connectivity index (χ0v) is 7.93. The molecule has 0 radical (unpaired) electrons. The second kappa shape index (κ2) is 5.61. The van der Waals surface area contributed by atoms with E-state index in [2.05, 4.69) is 0 Å². The molecule has 0 aromatic heterocycles. The van der Waals surface area contributed by atoms with Gasteiger partial charge in [-0.2, -0.15) is 10.5 Å². The van der Waals surface area contributed by atoms with Crippen LogP contribution in [-0.4, -0.2) is 22.2 Å². The molecule has 0 bridgehead atoms. The number of rotatable bonds is 6. The fourth-order valence-corrected chi connectivity index (χ4v) is 1.18. The highest BCUT2D eigenvalue weighted by atomic mass is 16.4. The molecule has 0 aromatic carbocycles. The number of nitriles is 2. The van der Waals surface area contributed by atoms with Crippen molar-refractivity contribution in [3.05, 3.63) is 0 Å². The quantitative estimate of drug-likeness (QED) is 0.623. The molecule has 0 aromatic rings. The monoisotopic (exact) mass is 210 g/mol. The predicted molar refractivity (Wildman–Crippen MR) is 47.4 cm³/mol. The molecule has 6 nitrogen and oxygen atoms in total. The molecular weight excluding hydrogens is 200 g/mol. The third-order valence-corrected chi connectivity index (χ3v) is 2.15. The average Bonchev–Trinajstić information content (AvgIpc) is 2.17. The fraction of sp³-hybridized carbons (Fsp3) is 0.556. The van der Waals surface area contributed by atoms with Crippen molar-refractivity contribution in [3.63, 3.8) is 0 Å². The molecule has 0 aliphatic carbocycles. The minimum Gasteiger partial charge on any atom is -0.480 e. The summed E-state index contributed by atoms with van der Waals surface area (Å²) in [6.07, 6.45) is -0.889. The molecule has 0 atom stereocenters. The number of nitrogens with zero attached hydrogens (tertiary/aromatic N) is 2. The molecule has 80 valence electrons. The summed E-state index contributed by atoms with van der Waals surface area (Å²) in [5.74, 6) is -3.00. The highest BCUT2D eigenvalue weighted by Crippen LogP contribution is 2.30. The van der Waals surface area contributed by atoms with E-state index in [4.69, 9.17) is 20.7 Å². The zero-order chi connectivity index (χ0) is 11.9. The number of carboxylic acids is 2. The van der Waals surface area contributed by atoms with Gasteiger partial charge in [-0.1, -0.05) is 0 Å². The molecule has 0 aliphatic heterocycles. The van der Waals surface area contributed by atoms with Gasteiger partial charge in [-0.25, -0.2) is 0 Å². The van der Waals surface area contributed by atoms with E-state index in [9.17, 15) is 9.59 Å². The van der Waals surface area contributed by atoms with Crippen molar-refractivity contribution < 1.29 is 19.8 Å². The first-order valence-corrected chi connectivity index (χ1v) is 4.22. The molecule has 0 heterocycles. The highest BCUT2D eigenvalue weighted by Gasteiger charge is 2.45. The third-order valence-electron chi connectivity index (χ3n) is 2.15. The maximum atomic E-state index is 10.9. The van der Waals surface area contributed by atoms with Crippen LogP contribution in [0.3, 0.4) is 0 Å².